The van der Waals surface area contributed by atoms with Crippen molar-refractivity contribution in [2.45, 2.75) is 5.38 Å². The Kier molecular flexibility index (Phi) is 5.88. The van der Waals surface area contributed by atoms with Crippen LogP contribution in [0.5, 0.6) is 0 Å². The first-order valence-electron chi connectivity index (χ1n) is 8.23. The minimum atomic E-state index is -3.26. The SMILES string of the molecule is O=Cc1cccc(C(Cl)CP(=O)(c2ccc(F)cc2)c2ccc(F)cc2)c1. The van der Waals surface area contributed by atoms with Gasteiger partial charge in [-0.05, 0) is 60.2 Å². The fourth-order valence-electron chi connectivity index (χ4n) is 2.88. The third kappa shape index (κ3) is 4.35. The largest absolute Gasteiger partial charge is 0.314 e. The van der Waals surface area contributed by atoms with Crippen molar-refractivity contribution in [3.8, 4) is 0 Å². The number of alkyl halides is 1. The summed E-state index contributed by atoms with van der Waals surface area (Å²) in [5.41, 5.74) is 1.13. The first-order valence-corrected chi connectivity index (χ1v) is 10.6. The van der Waals surface area contributed by atoms with Gasteiger partial charge in [0.25, 0.3) is 0 Å². The van der Waals surface area contributed by atoms with Crippen LogP contribution in [0.15, 0.2) is 72.8 Å². The number of carbonyl (C=O) groups excluding carboxylic acids is 1. The van der Waals surface area contributed by atoms with Crippen LogP contribution in [0.1, 0.15) is 21.3 Å². The summed E-state index contributed by atoms with van der Waals surface area (Å²) in [6.45, 7) is 0. The van der Waals surface area contributed by atoms with E-state index in [1.807, 2.05) is 0 Å². The van der Waals surface area contributed by atoms with Crippen molar-refractivity contribution in [2.24, 2.45) is 0 Å². The van der Waals surface area contributed by atoms with Crippen molar-refractivity contribution in [3.63, 3.8) is 0 Å². The third-order valence-electron chi connectivity index (χ3n) is 4.31. The highest BCUT2D eigenvalue weighted by atomic mass is 35.5. The van der Waals surface area contributed by atoms with Crippen molar-refractivity contribution in [1.29, 1.82) is 0 Å². The molecule has 0 heterocycles. The zero-order chi connectivity index (χ0) is 19.4. The van der Waals surface area contributed by atoms with Crippen LogP contribution in [-0.4, -0.2) is 12.4 Å². The van der Waals surface area contributed by atoms with Crippen LogP contribution in [0.3, 0.4) is 0 Å². The highest BCUT2D eigenvalue weighted by Crippen LogP contribution is 2.48. The van der Waals surface area contributed by atoms with Crippen LogP contribution in [0, 0.1) is 11.6 Å². The van der Waals surface area contributed by atoms with Gasteiger partial charge in [-0.15, -0.1) is 11.6 Å². The molecule has 1 unspecified atom stereocenters. The average molecular weight is 405 g/mol. The number of carbonyl (C=O) groups is 1. The summed E-state index contributed by atoms with van der Waals surface area (Å²) < 4.78 is 40.7. The Morgan fingerprint density at radius 1 is 0.889 bits per heavy atom. The fraction of sp³-hybridized carbons (Fsp3) is 0.0952. The molecule has 0 aliphatic heterocycles. The number of halogens is 3. The van der Waals surface area contributed by atoms with E-state index in [2.05, 4.69) is 0 Å². The maximum Gasteiger partial charge on any atom is 0.150 e. The lowest BCUT2D eigenvalue weighted by Crippen LogP contribution is -2.20. The Labute approximate surface area is 161 Å². The Morgan fingerprint density at radius 3 is 1.89 bits per heavy atom. The zero-order valence-electron chi connectivity index (χ0n) is 14.2. The number of benzene rings is 3. The quantitative estimate of drug-likeness (QED) is 0.326. The molecule has 138 valence electrons. The normalized spacial score (nSPS) is 12.6. The van der Waals surface area contributed by atoms with Gasteiger partial charge in [-0.3, -0.25) is 4.79 Å². The molecule has 6 heteroatoms. The molecular formula is C21H16ClF2O2P. The van der Waals surface area contributed by atoms with Gasteiger partial charge in [0.1, 0.15) is 25.1 Å². The summed E-state index contributed by atoms with van der Waals surface area (Å²) in [6, 6.07) is 17.6. The summed E-state index contributed by atoms with van der Waals surface area (Å²) in [6.07, 6.45) is 0.765. The number of aldehydes is 1. The van der Waals surface area contributed by atoms with Crippen LogP contribution in [0.4, 0.5) is 8.78 Å². The second kappa shape index (κ2) is 8.16. The summed E-state index contributed by atoms with van der Waals surface area (Å²) in [7, 11) is -3.26. The summed E-state index contributed by atoms with van der Waals surface area (Å²) >= 11 is 6.55. The van der Waals surface area contributed by atoms with Crippen molar-refractivity contribution in [3.05, 3.63) is 95.6 Å². The van der Waals surface area contributed by atoms with Crippen LogP contribution in [0.2, 0.25) is 0 Å². The minimum Gasteiger partial charge on any atom is -0.314 e. The minimum absolute atomic E-state index is 0.0497. The van der Waals surface area contributed by atoms with E-state index in [0.29, 0.717) is 28.0 Å². The molecule has 1 atom stereocenters. The van der Waals surface area contributed by atoms with E-state index in [0.717, 1.165) is 0 Å². The van der Waals surface area contributed by atoms with Gasteiger partial charge in [0.2, 0.25) is 0 Å². The molecular weight excluding hydrogens is 389 g/mol. The maximum absolute atomic E-state index is 14.0. The van der Waals surface area contributed by atoms with Gasteiger partial charge in [0.15, 0.2) is 0 Å². The van der Waals surface area contributed by atoms with Gasteiger partial charge in [-0.2, -0.15) is 0 Å². The third-order valence-corrected chi connectivity index (χ3v) is 8.08. The van der Waals surface area contributed by atoms with Crippen LogP contribution in [-0.2, 0) is 4.57 Å². The van der Waals surface area contributed by atoms with Crippen LogP contribution >= 0.6 is 18.7 Å². The Balaban J connectivity index is 2.04. The monoisotopic (exact) mass is 404 g/mol. The van der Waals surface area contributed by atoms with E-state index in [1.165, 1.54) is 48.5 Å². The van der Waals surface area contributed by atoms with Gasteiger partial charge in [-0.1, -0.05) is 18.2 Å². The van der Waals surface area contributed by atoms with Crippen LogP contribution in [0.25, 0.3) is 0 Å². The van der Waals surface area contributed by atoms with Gasteiger partial charge < -0.3 is 4.57 Å². The molecule has 0 aliphatic carbocycles. The summed E-state index contributed by atoms with van der Waals surface area (Å²) in [5, 5.41) is 0.228. The Morgan fingerprint density at radius 2 is 1.41 bits per heavy atom. The molecule has 3 rings (SSSR count). The fourth-order valence-corrected chi connectivity index (χ4v) is 6.24. The van der Waals surface area contributed by atoms with Crippen molar-refractivity contribution in [2.75, 3.05) is 6.16 Å². The highest BCUT2D eigenvalue weighted by Gasteiger charge is 2.31. The lowest BCUT2D eigenvalue weighted by Gasteiger charge is -2.22. The summed E-state index contributed by atoms with van der Waals surface area (Å²) in [4.78, 5) is 11.0. The lowest BCUT2D eigenvalue weighted by molar-refractivity contribution is 0.112. The first-order chi connectivity index (χ1) is 12.9. The maximum atomic E-state index is 14.0. The molecule has 0 fully saturated rings. The van der Waals surface area contributed by atoms with Gasteiger partial charge >= 0.3 is 0 Å². The molecule has 0 saturated heterocycles. The van der Waals surface area contributed by atoms with Gasteiger partial charge in [-0.25, -0.2) is 8.78 Å². The van der Waals surface area contributed by atoms with Gasteiger partial charge in [0.05, 0.1) is 5.38 Å². The highest BCUT2D eigenvalue weighted by molar-refractivity contribution is 7.78. The Bertz CT molecular complexity index is 938. The van der Waals surface area contributed by atoms with Gasteiger partial charge in [0, 0.05) is 22.3 Å². The first kappa shape index (κ1) is 19.5. The predicted molar refractivity (Wildman–Crippen MR) is 105 cm³/mol. The Hall–Kier alpha value is -2.29. The molecule has 0 radical (unpaired) electrons. The molecule has 2 nitrogen and oxygen atoms in total. The van der Waals surface area contributed by atoms with E-state index >= 15 is 0 Å². The van der Waals surface area contributed by atoms with Crippen molar-refractivity contribution in [1.82, 2.24) is 0 Å². The van der Waals surface area contributed by atoms with Crippen molar-refractivity contribution < 1.29 is 18.1 Å². The summed E-state index contributed by atoms with van der Waals surface area (Å²) in [5.74, 6) is -0.879. The second-order valence-corrected chi connectivity index (χ2v) is 9.53. The van der Waals surface area contributed by atoms with Crippen LogP contribution < -0.4 is 10.6 Å². The standard InChI is InChI=1S/C21H16ClF2O2P/c22-21(16-3-1-2-15(12-16)13-25)14-27(26,19-8-4-17(23)5-9-19)20-10-6-18(24)7-11-20/h1-13,21H,14H2. The van der Waals surface area contributed by atoms with E-state index in [4.69, 9.17) is 11.6 Å². The molecule has 0 aromatic heterocycles. The molecule has 3 aromatic rings. The molecule has 0 amide bonds. The average Bonchev–Trinajstić information content (AvgIpc) is 2.68. The van der Waals surface area contributed by atoms with E-state index < -0.39 is 24.2 Å². The van der Waals surface area contributed by atoms with E-state index in [1.54, 1.807) is 24.3 Å². The smallest absolute Gasteiger partial charge is 0.150 e. The molecule has 0 spiro atoms. The van der Waals surface area contributed by atoms with E-state index in [-0.39, 0.29) is 6.16 Å². The second-order valence-electron chi connectivity index (χ2n) is 6.13. The molecule has 3 aromatic carbocycles. The predicted octanol–water partition coefficient (Wildman–Crippen LogP) is 5.07. The zero-order valence-corrected chi connectivity index (χ0v) is 15.8. The van der Waals surface area contributed by atoms with E-state index in [9.17, 15) is 18.1 Å². The molecule has 0 bridgehead atoms. The number of hydrogen-bond acceptors (Lipinski definition) is 2. The topological polar surface area (TPSA) is 34.1 Å². The molecule has 0 N–H and O–H groups in total. The number of hydrogen-bond donors (Lipinski definition) is 0. The molecule has 27 heavy (non-hydrogen) atoms. The molecule has 0 saturated carbocycles. The lowest BCUT2D eigenvalue weighted by atomic mass is 10.1. The number of rotatable bonds is 6. The van der Waals surface area contributed by atoms with Crippen molar-refractivity contribution >= 4 is 35.6 Å². The molecule has 0 aliphatic rings.